The lowest BCUT2D eigenvalue weighted by atomic mass is 9.85. The molecule has 8 N–H and O–H groups in total. The highest BCUT2D eigenvalue weighted by Crippen LogP contribution is 2.44. The third-order valence-corrected chi connectivity index (χ3v) is 13.0. The maximum atomic E-state index is 14.4. The highest BCUT2D eigenvalue weighted by molar-refractivity contribution is 8.16. The first-order valence-electron chi connectivity index (χ1n) is 19.7. The van der Waals surface area contributed by atoms with Crippen molar-refractivity contribution < 1.29 is 43.4 Å². The van der Waals surface area contributed by atoms with Crippen molar-refractivity contribution in [1.82, 2.24) is 26.6 Å². The largest absolute Gasteiger partial charge is 0.494 e. The number of nitrogens with one attached hydrogen (secondary N) is 5. The average molecular weight is 841 g/mol. The van der Waals surface area contributed by atoms with Crippen LogP contribution in [0.15, 0.2) is 54.6 Å². The number of rotatable bonds is 10. The van der Waals surface area contributed by atoms with Crippen LogP contribution in [0.5, 0.6) is 5.75 Å². The van der Waals surface area contributed by atoms with Crippen LogP contribution in [0.4, 0.5) is 0 Å². The number of aliphatic carboxylic acids is 1. The molecule has 2 aromatic rings. The van der Waals surface area contributed by atoms with Crippen LogP contribution in [0, 0.1) is 5.92 Å². The maximum Gasteiger partial charge on any atom is 0.327 e. The molecule has 1 heterocycles. The van der Waals surface area contributed by atoms with Gasteiger partial charge in [0.2, 0.25) is 35.4 Å². The highest BCUT2D eigenvalue weighted by Gasteiger charge is 2.38. The van der Waals surface area contributed by atoms with Gasteiger partial charge in [-0.25, -0.2) is 4.79 Å². The number of thioether (sulfide) groups is 2. The molecule has 0 radical (unpaired) electrons. The SMILES string of the molecule is CCOc1ccc(C[C@H]2NC(=O)CC3(CCCCC3)SCSC[C@H](C(=O)O)NC(=O)[C@@H](CC(N)=O)NC(=O)[C@H](C(C)C)NC(=O)[C@@H](Cc3ccccc3)NC2=O)cc1. The number of primary amides is 1. The molecule has 2 fully saturated rings. The van der Waals surface area contributed by atoms with E-state index in [1.54, 1.807) is 62.0 Å². The van der Waals surface area contributed by atoms with Gasteiger partial charge >= 0.3 is 5.97 Å². The topological polar surface area (TPSA) is 235 Å². The number of amides is 6. The van der Waals surface area contributed by atoms with E-state index in [1.165, 1.54) is 11.8 Å². The molecule has 0 aromatic heterocycles. The van der Waals surface area contributed by atoms with Crippen molar-refractivity contribution in [3.05, 3.63) is 65.7 Å². The Kier molecular flexibility index (Phi) is 17.7. The number of carbonyl (C=O) groups is 7. The smallest absolute Gasteiger partial charge is 0.327 e. The zero-order chi connectivity index (χ0) is 42.2. The fourth-order valence-corrected chi connectivity index (χ4v) is 10.0. The first-order chi connectivity index (χ1) is 27.7. The summed E-state index contributed by atoms with van der Waals surface area (Å²) in [4.78, 5) is 94.1. The lowest BCUT2D eigenvalue weighted by Gasteiger charge is -2.36. The van der Waals surface area contributed by atoms with Crippen molar-refractivity contribution in [3.8, 4) is 5.75 Å². The Hall–Kier alpha value is -4.77. The van der Waals surface area contributed by atoms with Gasteiger partial charge in [-0.3, -0.25) is 28.8 Å². The normalized spacial score (nSPS) is 24.3. The third-order valence-electron chi connectivity index (χ3n) is 10.1. The molecule has 4 rings (SSSR count). The molecular formula is C41H56N6O9S2. The van der Waals surface area contributed by atoms with Crippen LogP contribution in [0.2, 0.25) is 0 Å². The summed E-state index contributed by atoms with van der Waals surface area (Å²) in [6.07, 6.45) is 3.92. The molecule has 17 heteroatoms. The summed E-state index contributed by atoms with van der Waals surface area (Å²) in [6, 6.07) is 9.72. The number of hydrogen-bond donors (Lipinski definition) is 7. The molecule has 1 saturated carbocycles. The van der Waals surface area contributed by atoms with Gasteiger partial charge in [-0.1, -0.05) is 75.6 Å². The second-order valence-electron chi connectivity index (χ2n) is 15.1. The minimum atomic E-state index is -1.54. The van der Waals surface area contributed by atoms with Gasteiger partial charge in [-0.05, 0) is 48.9 Å². The number of benzene rings is 2. The molecule has 2 aliphatic rings. The summed E-state index contributed by atoms with van der Waals surface area (Å²) >= 11 is 2.83. The molecular weight excluding hydrogens is 785 g/mol. The zero-order valence-corrected chi connectivity index (χ0v) is 34.9. The molecule has 1 aliphatic carbocycles. The second-order valence-corrected chi connectivity index (χ2v) is 17.9. The summed E-state index contributed by atoms with van der Waals surface area (Å²) in [6.45, 7) is 5.68. The number of ether oxygens (including phenoxy) is 1. The summed E-state index contributed by atoms with van der Waals surface area (Å²) in [7, 11) is 0. The van der Waals surface area contributed by atoms with Crippen LogP contribution in [0.25, 0.3) is 0 Å². The van der Waals surface area contributed by atoms with Crippen molar-refractivity contribution in [1.29, 1.82) is 0 Å². The third kappa shape index (κ3) is 14.3. The van der Waals surface area contributed by atoms with Crippen LogP contribution in [0.3, 0.4) is 0 Å². The highest BCUT2D eigenvalue weighted by atomic mass is 32.2. The van der Waals surface area contributed by atoms with Crippen LogP contribution < -0.4 is 37.1 Å². The van der Waals surface area contributed by atoms with E-state index in [2.05, 4.69) is 26.6 Å². The van der Waals surface area contributed by atoms with Crippen molar-refractivity contribution >= 4 is 64.9 Å². The molecule has 0 bridgehead atoms. The van der Waals surface area contributed by atoms with Crippen molar-refractivity contribution in [2.24, 2.45) is 11.7 Å². The Bertz CT molecular complexity index is 1740. The van der Waals surface area contributed by atoms with Crippen molar-refractivity contribution in [2.45, 2.75) is 114 Å². The van der Waals surface area contributed by atoms with Crippen molar-refractivity contribution in [3.63, 3.8) is 0 Å². The monoisotopic (exact) mass is 840 g/mol. The van der Waals surface area contributed by atoms with Crippen LogP contribution in [-0.4, -0.2) is 98.9 Å². The van der Waals surface area contributed by atoms with E-state index in [9.17, 15) is 38.7 Å². The van der Waals surface area contributed by atoms with Crippen LogP contribution >= 0.6 is 23.5 Å². The first kappa shape index (κ1) is 45.9. The van der Waals surface area contributed by atoms with E-state index in [4.69, 9.17) is 10.5 Å². The van der Waals surface area contributed by atoms with Gasteiger partial charge in [0, 0.05) is 34.8 Å². The summed E-state index contributed by atoms with van der Waals surface area (Å²) < 4.78 is 5.11. The molecule has 0 unspecified atom stereocenters. The summed E-state index contributed by atoms with van der Waals surface area (Å²) in [5.41, 5.74) is 6.90. The quantitative estimate of drug-likeness (QED) is 0.184. The van der Waals surface area contributed by atoms with Gasteiger partial charge in [0.25, 0.3) is 0 Å². The van der Waals surface area contributed by atoms with Gasteiger partial charge in [0.1, 0.15) is 36.0 Å². The van der Waals surface area contributed by atoms with Gasteiger partial charge < -0.3 is 42.2 Å². The molecule has 5 atom stereocenters. The average Bonchev–Trinajstić information content (AvgIpc) is 3.18. The lowest BCUT2D eigenvalue weighted by molar-refractivity contribution is -0.141. The van der Waals surface area contributed by atoms with Gasteiger partial charge in [-0.15, -0.1) is 23.5 Å². The van der Waals surface area contributed by atoms with Gasteiger partial charge in [0.15, 0.2) is 0 Å². The van der Waals surface area contributed by atoms with Crippen molar-refractivity contribution in [2.75, 3.05) is 17.4 Å². The van der Waals surface area contributed by atoms with E-state index in [1.807, 2.05) is 25.1 Å². The van der Waals surface area contributed by atoms with E-state index >= 15 is 0 Å². The van der Waals surface area contributed by atoms with E-state index in [-0.39, 0.29) is 30.9 Å². The summed E-state index contributed by atoms with van der Waals surface area (Å²) in [5.74, 6) is -5.56. The molecule has 58 heavy (non-hydrogen) atoms. The standard InChI is InChI=1S/C41H56N6O9S2/c1-4-56-28-15-13-27(14-16-28)20-29-36(50)44-30(19-26-11-7-5-8-12-26)38(52)47-35(25(2)3)39(53)45-31(21-33(42)48)37(51)46-32(40(54)55)23-57-24-58-41(22-34(49)43-29)17-9-6-10-18-41/h5,7-8,11-16,25,29-32,35H,4,6,9-10,17-24H2,1-3H3,(H2,42,48)(H,43,49)(H,44,50)(H,45,53)(H,46,51)(H,47,52)(H,54,55)/t29-,30-,31-,32-,35+/m1/s1. The molecule has 15 nitrogen and oxygen atoms in total. The number of carboxylic acids is 1. The molecule has 6 amide bonds. The van der Waals surface area contributed by atoms with E-state index in [0.29, 0.717) is 23.0 Å². The van der Waals surface area contributed by atoms with Crippen LogP contribution in [-0.2, 0) is 46.4 Å². The summed E-state index contributed by atoms with van der Waals surface area (Å²) in [5, 5.41) is 23.9. The second kappa shape index (κ2) is 22.4. The lowest BCUT2D eigenvalue weighted by Crippen LogP contribution is -2.61. The molecule has 1 saturated heterocycles. The minimum Gasteiger partial charge on any atom is -0.494 e. The predicted molar refractivity (Wildman–Crippen MR) is 223 cm³/mol. The molecule has 316 valence electrons. The molecule has 1 spiro atoms. The Morgan fingerprint density at radius 2 is 1.38 bits per heavy atom. The minimum absolute atomic E-state index is 0.0363. The Morgan fingerprint density at radius 1 is 0.793 bits per heavy atom. The predicted octanol–water partition coefficient (Wildman–Crippen LogP) is 2.44. The number of hydrogen-bond acceptors (Lipinski definition) is 10. The number of carbonyl (C=O) groups excluding carboxylic acids is 6. The molecule has 2 aromatic carbocycles. The zero-order valence-electron chi connectivity index (χ0n) is 33.3. The Labute approximate surface area is 347 Å². The van der Waals surface area contributed by atoms with Crippen LogP contribution in [0.1, 0.15) is 76.8 Å². The Morgan fingerprint density at radius 3 is 1.98 bits per heavy atom. The number of carboxylic acid groups (broad SMARTS) is 1. The molecule has 1 aliphatic heterocycles. The van der Waals surface area contributed by atoms with E-state index < -0.39 is 82.8 Å². The first-order valence-corrected chi connectivity index (χ1v) is 21.8. The van der Waals surface area contributed by atoms with E-state index in [0.717, 1.165) is 37.7 Å². The van der Waals surface area contributed by atoms with Gasteiger partial charge in [0.05, 0.1) is 13.0 Å². The maximum absolute atomic E-state index is 14.4. The fourth-order valence-electron chi connectivity index (χ4n) is 7.01. The van der Waals surface area contributed by atoms with Gasteiger partial charge in [-0.2, -0.15) is 0 Å². The number of nitrogens with two attached hydrogens (primary N) is 1. The fraction of sp³-hybridized carbons (Fsp3) is 0.537. The Balaban J connectivity index is 1.74.